The average molecular weight is 678 g/mol. The highest BCUT2D eigenvalue weighted by Crippen LogP contribution is 2.54. The highest BCUT2D eigenvalue weighted by Gasteiger charge is 2.41. The Morgan fingerprint density at radius 2 is 0.904 bits per heavy atom. The van der Waals surface area contributed by atoms with E-state index in [1.165, 1.54) is 83.0 Å². The molecule has 0 amide bonds. The van der Waals surface area contributed by atoms with Gasteiger partial charge < -0.3 is 4.57 Å². The van der Waals surface area contributed by atoms with Crippen LogP contribution >= 0.6 is 0 Å². The topological polar surface area (TPSA) is 4.93 Å². The minimum absolute atomic E-state index is 0.0125. The summed E-state index contributed by atoms with van der Waals surface area (Å²) in [5, 5.41) is 2.66. The molecule has 9 rings (SSSR count). The van der Waals surface area contributed by atoms with Crippen LogP contribution in [0.4, 0.5) is 0 Å². The highest BCUT2D eigenvalue weighted by molar-refractivity contribution is 6.08. The van der Waals surface area contributed by atoms with Gasteiger partial charge in [-0.05, 0) is 93.1 Å². The molecule has 1 heteroatoms. The zero-order chi connectivity index (χ0) is 36.2. The van der Waals surface area contributed by atoms with E-state index >= 15 is 0 Å². The molecule has 0 bridgehead atoms. The maximum absolute atomic E-state index is 2.64. The minimum Gasteiger partial charge on any atom is -0.330 e. The van der Waals surface area contributed by atoms with Gasteiger partial charge in [0.25, 0.3) is 0 Å². The Morgan fingerprint density at radius 1 is 0.481 bits per heavy atom. The van der Waals surface area contributed by atoms with Crippen LogP contribution in [0.1, 0.15) is 114 Å². The van der Waals surface area contributed by atoms with E-state index in [1.54, 1.807) is 0 Å². The third-order valence-corrected chi connectivity index (χ3v) is 13.7. The van der Waals surface area contributed by atoms with Crippen LogP contribution in [-0.2, 0) is 21.8 Å². The van der Waals surface area contributed by atoms with Gasteiger partial charge in [-0.1, -0.05) is 170 Å². The van der Waals surface area contributed by atoms with Crippen molar-refractivity contribution in [3.05, 3.63) is 166 Å². The normalized spacial score (nSPS) is 17.3. The Labute approximate surface area is 310 Å². The summed E-state index contributed by atoms with van der Waals surface area (Å²) in [6.07, 6.45) is 3.19. The summed E-state index contributed by atoms with van der Waals surface area (Å²) in [6, 6.07) is 49.0. The molecular formula is C51H51N. The first kappa shape index (κ1) is 33.0. The zero-order valence-corrected chi connectivity index (χ0v) is 32.2. The molecule has 0 spiro atoms. The SMILES string of the molecule is CCCC(C)(c1ccc2c(c1)C(C)(C)c1cc(C(C)(CC)c3ccc4c(c3)C(C)(C)c3ccccc3-4)ccc1-2)n1c2ccccc2c2ccccc21. The standard InChI is InChI=1S/C51H51N/c1-9-29-51(8,52-46-21-15-12-18-40(46)41-19-13-16-22-47(41)52)35-25-28-39-38-27-24-34(31-44(38)49(5,6)45(39)32-35)50(7,10-2)33-23-26-37-36-17-11-14-20-42(36)48(3,4)43(37)30-33/h11-28,30-32H,9-10,29H2,1-8H3. The lowest BCUT2D eigenvalue weighted by molar-refractivity contribution is 0.379. The van der Waals surface area contributed by atoms with Crippen LogP contribution in [0.2, 0.25) is 0 Å². The molecule has 260 valence electrons. The molecular weight excluding hydrogens is 627 g/mol. The van der Waals surface area contributed by atoms with Crippen LogP contribution in [0.5, 0.6) is 0 Å². The quantitative estimate of drug-likeness (QED) is 0.158. The molecule has 6 aromatic carbocycles. The van der Waals surface area contributed by atoms with E-state index in [4.69, 9.17) is 0 Å². The van der Waals surface area contributed by atoms with Crippen LogP contribution in [0.25, 0.3) is 44.1 Å². The minimum atomic E-state index is -0.204. The Kier molecular flexibility index (Phi) is 7.17. The Hall–Kier alpha value is -4.88. The van der Waals surface area contributed by atoms with E-state index in [9.17, 15) is 0 Å². The van der Waals surface area contributed by atoms with Gasteiger partial charge in [0.1, 0.15) is 0 Å². The van der Waals surface area contributed by atoms with Crippen molar-refractivity contribution in [2.75, 3.05) is 0 Å². The number of benzene rings is 6. The fourth-order valence-electron chi connectivity index (χ4n) is 10.4. The molecule has 7 aromatic rings. The van der Waals surface area contributed by atoms with Crippen molar-refractivity contribution in [1.82, 2.24) is 4.57 Å². The first-order valence-corrected chi connectivity index (χ1v) is 19.5. The number of fused-ring (bicyclic) bond motifs is 9. The van der Waals surface area contributed by atoms with Gasteiger partial charge in [-0.2, -0.15) is 0 Å². The molecule has 1 heterocycles. The molecule has 52 heavy (non-hydrogen) atoms. The number of nitrogens with zero attached hydrogens (tertiary/aromatic N) is 1. The summed E-state index contributed by atoms with van der Waals surface area (Å²) in [7, 11) is 0. The fourth-order valence-corrected chi connectivity index (χ4v) is 10.4. The van der Waals surface area contributed by atoms with E-state index < -0.39 is 0 Å². The third kappa shape index (κ3) is 4.35. The van der Waals surface area contributed by atoms with Gasteiger partial charge in [0.15, 0.2) is 0 Å². The lowest BCUT2D eigenvalue weighted by Crippen LogP contribution is -2.32. The van der Waals surface area contributed by atoms with Crippen molar-refractivity contribution in [3.8, 4) is 22.3 Å². The van der Waals surface area contributed by atoms with Crippen molar-refractivity contribution in [1.29, 1.82) is 0 Å². The van der Waals surface area contributed by atoms with Crippen LogP contribution < -0.4 is 0 Å². The molecule has 0 fully saturated rings. The van der Waals surface area contributed by atoms with Crippen molar-refractivity contribution in [3.63, 3.8) is 0 Å². The van der Waals surface area contributed by atoms with E-state index in [2.05, 4.69) is 187 Å². The first-order valence-electron chi connectivity index (χ1n) is 19.5. The summed E-state index contributed by atoms with van der Waals surface area (Å²) in [5.41, 5.74) is 17.7. The highest BCUT2D eigenvalue weighted by atomic mass is 15.1. The van der Waals surface area contributed by atoms with Crippen LogP contribution in [0.3, 0.4) is 0 Å². The Balaban J connectivity index is 1.14. The smallest absolute Gasteiger partial charge is 0.0674 e. The lowest BCUT2D eigenvalue weighted by Gasteiger charge is -2.35. The number of rotatable bonds is 7. The summed E-state index contributed by atoms with van der Waals surface area (Å²) in [5.74, 6) is 0. The molecule has 2 atom stereocenters. The van der Waals surface area contributed by atoms with Gasteiger partial charge in [-0.25, -0.2) is 0 Å². The number of aromatic nitrogens is 1. The van der Waals surface area contributed by atoms with E-state index in [0.717, 1.165) is 19.3 Å². The summed E-state index contributed by atoms with van der Waals surface area (Å²) >= 11 is 0. The van der Waals surface area contributed by atoms with E-state index in [1.807, 2.05) is 0 Å². The van der Waals surface area contributed by atoms with Crippen LogP contribution in [-0.4, -0.2) is 4.57 Å². The van der Waals surface area contributed by atoms with Gasteiger partial charge in [0.2, 0.25) is 0 Å². The number of para-hydroxylation sites is 2. The molecule has 2 aliphatic rings. The molecule has 1 nitrogen and oxygen atoms in total. The molecule has 0 N–H and O–H groups in total. The number of hydrogen-bond donors (Lipinski definition) is 0. The van der Waals surface area contributed by atoms with Crippen molar-refractivity contribution >= 4 is 21.8 Å². The maximum atomic E-state index is 2.64. The summed E-state index contributed by atoms with van der Waals surface area (Å²) in [6.45, 7) is 19.3. The van der Waals surface area contributed by atoms with Gasteiger partial charge in [-0.3, -0.25) is 0 Å². The molecule has 1 aromatic heterocycles. The monoisotopic (exact) mass is 677 g/mol. The molecule has 0 saturated carbocycles. The summed E-state index contributed by atoms with van der Waals surface area (Å²) < 4.78 is 2.64. The van der Waals surface area contributed by atoms with Crippen molar-refractivity contribution in [2.24, 2.45) is 0 Å². The molecule has 0 aliphatic heterocycles. The predicted molar refractivity (Wildman–Crippen MR) is 222 cm³/mol. The van der Waals surface area contributed by atoms with Crippen molar-refractivity contribution < 1.29 is 0 Å². The average Bonchev–Trinajstić information content (AvgIpc) is 3.71. The van der Waals surface area contributed by atoms with E-state index in [-0.39, 0.29) is 21.8 Å². The second-order valence-corrected chi connectivity index (χ2v) is 17.2. The summed E-state index contributed by atoms with van der Waals surface area (Å²) in [4.78, 5) is 0. The lowest BCUT2D eigenvalue weighted by atomic mass is 9.70. The molecule has 2 aliphatic carbocycles. The zero-order valence-electron chi connectivity index (χ0n) is 32.2. The first-order chi connectivity index (χ1) is 24.9. The Morgan fingerprint density at radius 3 is 1.42 bits per heavy atom. The van der Waals surface area contributed by atoms with Crippen LogP contribution in [0, 0.1) is 0 Å². The largest absolute Gasteiger partial charge is 0.330 e. The van der Waals surface area contributed by atoms with Gasteiger partial charge >= 0.3 is 0 Å². The fraction of sp³-hybridized carbons (Fsp3) is 0.294. The molecule has 0 saturated heterocycles. The third-order valence-electron chi connectivity index (χ3n) is 13.7. The molecule has 2 unspecified atom stereocenters. The second kappa shape index (κ2) is 11.3. The van der Waals surface area contributed by atoms with Gasteiger partial charge in [-0.15, -0.1) is 0 Å². The van der Waals surface area contributed by atoms with Gasteiger partial charge in [0, 0.05) is 38.1 Å². The van der Waals surface area contributed by atoms with Gasteiger partial charge in [0.05, 0.1) is 5.54 Å². The van der Waals surface area contributed by atoms with Crippen LogP contribution in [0.15, 0.2) is 127 Å². The second-order valence-electron chi connectivity index (χ2n) is 17.2. The molecule has 0 radical (unpaired) electrons. The van der Waals surface area contributed by atoms with Crippen molar-refractivity contribution in [2.45, 2.75) is 96.4 Å². The van der Waals surface area contributed by atoms with E-state index in [0.29, 0.717) is 0 Å². The number of hydrogen-bond acceptors (Lipinski definition) is 0. The predicted octanol–water partition coefficient (Wildman–Crippen LogP) is 13.7. The Bertz CT molecular complexity index is 2500. The maximum Gasteiger partial charge on any atom is 0.0674 e.